The molecule has 1 aromatic rings. The molecule has 22 heavy (non-hydrogen) atoms. The molecule has 1 amide bonds. The molecule has 0 aliphatic carbocycles. The van der Waals surface area contributed by atoms with Crippen molar-refractivity contribution in [3.05, 3.63) is 29.3 Å². The lowest BCUT2D eigenvalue weighted by molar-refractivity contribution is -0.148. The minimum atomic E-state index is -0.557. The highest BCUT2D eigenvalue weighted by atomic mass is 16.5. The zero-order chi connectivity index (χ0) is 16.7. The second-order valence-corrected chi connectivity index (χ2v) is 5.14. The summed E-state index contributed by atoms with van der Waals surface area (Å²) in [6.07, 6.45) is -0.0702. The Kier molecular flexibility index (Phi) is 6.56. The lowest BCUT2D eigenvalue weighted by atomic mass is 10.0. The number of amides is 1. The molecule has 0 spiro atoms. The van der Waals surface area contributed by atoms with Gasteiger partial charge in [-0.1, -0.05) is 0 Å². The fourth-order valence-electron chi connectivity index (χ4n) is 1.85. The second kappa shape index (κ2) is 8.17. The molecule has 0 saturated heterocycles. The zero-order valence-corrected chi connectivity index (χ0v) is 13.3. The molecule has 0 fully saturated rings. The van der Waals surface area contributed by atoms with E-state index in [1.807, 2.05) is 13.8 Å². The van der Waals surface area contributed by atoms with Crippen molar-refractivity contribution in [2.45, 2.75) is 33.2 Å². The first kappa shape index (κ1) is 17.7. The van der Waals surface area contributed by atoms with Gasteiger partial charge in [-0.25, -0.2) is 0 Å². The van der Waals surface area contributed by atoms with Crippen LogP contribution < -0.4 is 10.1 Å². The van der Waals surface area contributed by atoms with Crippen LogP contribution in [-0.4, -0.2) is 37.4 Å². The van der Waals surface area contributed by atoms with Crippen molar-refractivity contribution in [2.75, 3.05) is 13.7 Å². The average Bonchev–Trinajstić information content (AvgIpc) is 2.44. The van der Waals surface area contributed by atoms with Gasteiger partial charge in [-0.05, 0) is 39.0 Å². The van der Waals surface area contributed by atoms with Crippen LogP contribution in [0.25, 0.3) is 0 Å². The lowest BCUT2D eigenvalue weighted by Gasteiger charge is -2.11. The third-order valence-electron chi connectivity index (χ3n) is 2.84. The van der Waals surface area contributed by atoms with E-state index in [9.17, 15) is 14.4 Å². The molecule has 1 N–H and O–H groups in total. The molecule has 6 nitrogen and oxygen atoms in total. The Labute approximate surface area is 129 Å². The summed E-state index contributed by atoms with van der Waals surface area (Å²) in [6.45, 7) is 4.75. The molecule has 0 heterocycles. The third kappa shape index (κ3) is 5.55. The molecule has 1 aromatic carbocycles. The molecule has 0 aromatic heterocycles. The standard InChI is InChI=1S/C16H21NO5/c1-10(2)17-15(19)9-22-16(20)8-13-7-12(11(3)18)5-6-14(13)21-4/h5-7,10H,8-9H2,1-4H3,(H,17,19). The number of Topliss-reactive ketones (excluding diaryl/α,β-unsaturated/α-hetero) is 1. The number of esters is 1. The SMILES string of the molecule is COc1ccc(C(C)=O)cc1CC(=O)OCC(=O)NC(C)C. The van der Waals surface area contributed by atoms with Crippen LogP contribution in [0.3, 0.4) is 0 Å². The van der Waals surface area contributed by atoms with E-state index in [0.717, 1.165) is 0 Å². The summed E-state index contributed by atoms with van der Waals surface area (Å²) in [7, 11) is 1.48. The van der Waals surface area contributed by atoms with Gasteiger partial charge in [-0.2, -0.15) is 0 Å². The Morgan fingerprint density at radius 3 is 2.45 bits per heavy atom. The van der Waals surface area contributed by atoms with Crippen LogP contribution in [0, 0.1) is 0 Å². The quantitative estimate of drug-likeness (QED) is 0.610. The van der Waals surface area contributed by atoms with E-state index in [4.69, 9.17) is 9.47 Å². The first-order chi connectivity index (χ1) is 10.3. The van der Waals surface area contributed by atoms with E-state index in [0.29, 0.717) is 16.9 Å². The number of benzene rings is 1. The Morgan fingerprint density at radius 2 is 1.91 bits per heavy atom. The summed E-state index contributed by atoms with van der Waals surface area (Å²) >= 11 is 0. The smallest absolute Gasteiger partial charge is 0.310 e. The van der Waals surface area contributed by atoms with Gasteiger partial charge in [0.25, 0.3) is 5.91 Å². The molecular weight excluding hydrogens is 286 g/mol. The highest BCUT2D eigenvalue weighted by Crippen LogP contribution is 2.21. The number of rotatable bonds is 7. The van der Waals surface area contributed by atoms with Crippen LogP contribution in [0.4, 0.5) is 0 Å². The van der Waals surface area contributed by atoms with Gasteiger partial charge in [-0.15, -0.1) is 0 Å². The third-order valence-corrected chi connectivity index (χ3v) is 2.84. The fourth-order valence-corrected chi connectivity index (χ4v) is 1.85. The maximum Gasteiger partial charge on any atom is 0.310 e. The van der Waals surface area contributed by atoms with Crippen LogP contribution in [-0.2, 0) is 20.7 Å². The normalized spacial score (nSPS) is 10.2. The van der Waals surface area contributed by atoms with Gasteiger partial charge < -0.3 is 14.8 Å². The number of ether oxygens (including phenoxy) is 2. The van der Waals surface area contributed by atoms with E-state index < -0.39 is 5.97 Å². The highest BCUT2D eigenvalue weighted by Gasteiger charge is 2.14. The van der Waals surface area contributed by atoms with Gasteiger partial charge in [0, 0.05) is 17.2 Å². The number of ketones is 1. The second-order valence-electron chi connectivity index (χ2n) is 5.14. The van der Waals surface area contributed by atoms with Crippen molar-refractivity contribution in [1.29, 1.82) is 0 Å². The largest absolute Gasteiger partial charge is 0.496 e. The molecular formula is C16H21NO5. The van der Waals surface area contributed by atoms with Gasteiger partial charge in [0.05, 0.1) is 13.5 Å². The molecule has 6 heteroatoms. The van der Waals surface area contributed by atoms with Gasteiger partial charge in [-0.3, -0.25) is 14.4 Å². The maximum absolute atomic E-state index is 11.8. The van der Waals surface area contributed by atoms with E-state index in [-0.39, 0.29) is 30.8 Å². The predicted octanol–water partition coefficient (Wildman–Crippen LogP) is 1.51. The van der Waals surface area contributed by atoms with E-state index in [2.05, 4.69) is 5.32 Å². The summed E-state index contributed by atoms with van der Waals surface area (Å²) in [4.78, 5) is 34.6. The molecule has 0 bridgehead atoms. The summed E-state index contributed by atoms with van der Waals surface area (Å²) in [5, 5.41) is 2.62. The number of hydrogen-bond donors (Lipinski definition) is 1. The first-order valence-electron chi connectivity index (χ1n) is 6.96. The predicted molar refractivity (Wildman–Crippen MR) is 80.9 cm³/mol. The van der Waals surface area contributed by atoms with Gasteiger partial charge in [0.15, 0.2) is 12.4 Å². The van der Waals surface area contributed by atoms with Crippen molar-refractivity contribution in [2.24, 2.45) is 0 Å². The number of nitrogens with one attached hydrogen (secondary N) is 1. The molecule has 1 rings (SSSR count). The number of carbonyl (C=O) groups is 3. The lowest BCUT2D eigenvalue weighted by Crippen LogP contribution is -2.34. The van der Waals surface area contributed by atoms with E-state index in [1.54, 1.807) is 18.2 Å². The van der Waals surface area contributed by atoms with Crippen LogP contribution >= 0.6 is 0 Å². The zero-order valence-electron chi connectivity index (χ0n) is 13.3. The molecule has 0 saturated carbocycles. The highest BCUT2D eigenvalue weighted by molar-refractivity contribution is 5.94. The molecule has 120 valence electrons. The summed E-state index contributed by atoms with van der Waals surface area (Å²) in [6, 6.07) is 4.84. The number of hydrogen-bond acceptors (Lipinski definition) is 5. The average molecular weight is 307 g/mol. The Bertz CT molecular complexity index is 566. The Hall–Kier alpha value is -2.37. The maximum atomic E-state index is 11.8. The van der Waals surface area contributed by atoms with Crippen LogP contribution in [0.15, 0.2) is 18.2 Å². The summed E-state index contributed by atoms with van der Waals surface area (Å²) < 4.78 is 10.1. The van der Waals surface area contributed by atoms with Crippen LogP contribution in [0.5, 0.6) is 5.75 Å². The summed E-state index contributed by atoms with van der Waals surface area (Å²) in [5.41, 5.74) is 1.03. The van der Waals surface area contributed by atoms with Crippen molar-refractivity contribution >= 4 is 17.7 Å². The van der Waals surface area contributed by atoms with E-state index >= 15 is 0 Å². The fraction of sp³-hybridized carbons (Fsp3) is 0.438. The van der Waals surface area contributed by atoms with Crippen molar-refractivity contribution in [1.82, 2.24) is 5.32 Å². The van der Waals surface area contributed by atoms with Crippen LogP contribution in [0.1, 0.15) is 36.7 Å². The Balaban J connectivity index is 2.69. The first-order valence-corrected chi connectivity index (χ1v) is 6.96. The van der Waals surface area contributed by atoms with E-state index in [1.165, 1.54) is 14.0 Å². The number of methoxy groups -OCH3 is 1. The minimum Gasteiger partial charge on any atom is -0.496 e. The van der Waals surface area contributed by atoms with Crippen molar-refractivity contribution in [3.63, 3.8) is 0 Å². The van der Waals surface area contributed by atoms with Crippen LogP contribution in [0.2, 0.25) is 0 Å². The molecule has 0 radical (unpaired) electrons. The monoisotopic (exact) mass is 307 g/mol. The van der Waals surface area contributed by atoms with Gasteiger partial charge >= 0.3 is 5.97 Å². The molecule has 0 aliphatic rings. The molecule has 0 aliphatic heterocycles. The topological polar surface area (TPSA) is 81.7 Å². The van der Waals surface area contributed by atoms with Gasteiger partial charge in [0.1, 0.15) is 5.75 Å². The van der Waals surface area contributed by atoms with Crippen molar-refractivity contribution < 1.29 is 23.9 Å². The Morgan fingerprint density at radius 1 is 1.23 bits per heavy atom. The van der Waals surface area contributed by atoms with Gasteiger partial charge in [0.2, 0.25) is 0 Å². The van der Waals surface area contributed by atoms with Crippen molar-refractivity contribution in [3.8, 4) is 5.75 Å². The molecule has 0 atom stereocenters. The number of carbonyl (C=O) groups excluding carboxylic acids is 3. The minimum absolute atomic E-state index is 0.0152. The summed E-state index contributed by atoms with van der Waals surface area (Å²) in [5.74, 6) is -0.520. The molecule has 0 unspecified atom stereocenters.